The maximum absolute atomic E-state index is 11.3. The molecular weight excluding hydrogens is 208 g/mol. The average Bonchev–Trinajstić information content (AvgIpc) is 2.87. The number of hydrogen-bond donors (Lipinski definition) is 1. The summed E-state index contributed by atoms with van der Waals surface area (Å²) in [4.78, 5) is 13.2. The maximum atomic E-state index is 11.3. The van der Waals surface area contributed by atoms with Crippen LogP contribution in [0.5, 0.6) is 0 Å². The van der Waals surface area contributed by atoms with Crippen LogP contribution >= 0.6 is 0 Å². The van der Waals surface area contributed by atoms with Crippen molar-refractivity contribution in [2.75, 3.05) is 6.54 Å². The second-order valence-corrected chi connectivity index (χ2v) is 4.10. The molecule has 1 aromatic rings. The summed E-state index contributed by atoms with van der Waals surface area (Å²) in [5.41, 5.74) is 0.562. The van der Waals surface area contributed by atoms with Gasteiger partial charge in [0, 0.05) is 13.5 Å². The molecule has 2 heterocycles. The van der Waals surface area contributed by atoms with Gasteiger partial charge in [-0.15, -0.1) is 5.10 Å². The highest BCUT2D eigenvalue weighted by atomic mass is 16.3. The quantitative estimate of drug-likeness (QED) is 0.770. The summed E-state index contributed by atoms with van der Waals surface area (Å²) < 4.78 is 1.69. The molecule has 1 saturated heterocycles. The molecule has 6 nitrogen and oxygen atoms in total. The molecule has 0 bridgehead atoms. The molecule has 1 atom stereocenters. The summed E-state index contributed by atoms with van der Waals surface area (Å²) in [5.74, 6) is 0.116. The van der Waals surface area contributed by atoms with Gasteiger partial charge < -0.3 is 10.0 Å². The number of hydrogen-bond acceptors (Lipinski definition) is 4. The van der Waals surface area contributed by atoms with Gasteiger partial charge in [0.1, 0.15) is 5.69 Å². The minimum atomic E-state index is -0.0961. The molecule has 6 heteroatoms. The van der Waals surface area contributed by atoms with Crippen LogP contribution in [0.25, 0.3) is 0 Å². The van der Waals surface area contributed by atoms with Gasteiger partial charge in [0.05, 0.1) is 25.4 Å². The molecule has 1 N–H and O–H groups in total. The molecular formula is C10H16N4O2. The van der Waals surface area contributed by atoms with Gasteiger partial charge in [-0.25, -0.2) is 0 Å². The first kappa shape index (κ1) is 11.1. The fourth-order valence-corrected chi connectivity index (χ4v) is 2.16. The Morgan fingerprint density at radius 3 is 3.12 bits per heavy atom. The van der Waals surface area contributed by atoms with Crippen molar-refractivity contribution in [1.82, 2.24) is 19.9 Å². The van der Waals surface area contributed by atoms with E-state index in [2.05, 4.69) is 10.3 Å². The van der Waals surface area contributed by atoms with Crippen LogP contribution in [0.1, 0.15) is 25.5 Å². The van der Waals surface area contributed by atoms with E-state index in [1.165, 1.54) is 0 Å². The van der Waals surface area contributed by atoms with Crippen molar-refractivity contribution in [2.45, 2.75) is 39.0 Å². The van der Waals surface area contributed by atoms with E-state index in [1.807, 2.05) is 4.90 Å². The van der Waals surface area contributed by atoms with Gasteiger partial charge in [0.25, 0.3) is 0 Å². The van der Waals surface area contributed by atoms with Crippen LogP contribution in [-0.4, -0.2) is 43.5 Å². The van der Waals surface area contributed by atoms with Gasteiger partial charge in [-0.3, -0.25) is 9.48 Å². The fourth-order valence-electron chi connectivity index (χ4n) is 2.16. The summed E-state index contributed by atoms with van der Waals surface area (Å²) in [6.07, 6.45) is 3.77. The lowest BCUT2D eigenvalue weighted by atomic mass is 10.2. The Hall–Kier alpha value is -1.43. The Labute approximate surface area is 93.9 Å². The zero-order valence-electron chi connectivity index (χ0n) is 9.33. The highest BCUT2D eigenvalue weighted by Gasteiger charge is 2.26. The standard InChI is InChI=1S/C10H16N4O2/c1-8(16)14-4-2-3-10(14)6-13-5-9(7-15)11-12-13/h5,10,15H,2-4,6-7H2,1H3. The number of carbonyl (C=O) groups is 1. The number of nitrogens with zero attached hydrogens (tertiary/aromatic N) is 4. The number of amides is 1. The second kappa shape index (κ2) is 4.61. The van der Waals surface area contributed by atoms with Crippen LogP contribution in [0.4, 0.5) is 0 Å². The number of aliphatic hydroxyl groups is 1. The van der Waals surface area contributed by atoms with E-state index in [0.717, 1.165) is 19.4 Å². The molecule has 88 valence electrons. The van der Waals surface area contributed by atoms with E-state index >= 15 is 0 Å². The van der Waals surface area contributed by atoms with Gasteiger partial charge in [-0.2, -0.15) is 0 Å². The molecule has 0 aromatic carbocycles. The van der Waals surface area contributed by atoms with Crippen LogP contribution in [0.3, 0.4) is 0 Å². The zero-order valence-corrected chi connectivity index (χ0v) is 9.33. The fraction of sp³-hybridized carbons (Fsp3) is 0.700. The molecule has 1 amide bonds. The van der Waals surface area contributed by atoms with Crippen molar-refractivity contribution in [3.05, 3.63) is 11.9 Å². The largest absolute Gasteiger partial charge is 0.390 e. The molecule has 1 aliphatic rings. The minimum Gasteiger partial charge on any atom is -0.390 e. The van der Waals surface area contributed by atoms with Crippen LogP contribution < -0.4 is 0 Å². The van der Waals surface area contributed by atoms with Crippen molar-refractivity contribution in [3.8, 4) is 0 Å². The van der Waals surface area contributed by atoms with Crippen LogP contribution in [0, 0.1) is 0 Å². The predicted octanol–water partition coefficient (Wildman–Crippen LogP) is -0.219. The van der Waals surface area contributed by atoms with E-state index in [4.69, 9.17) is 5.11 Å². The third-order valence-corrected chi connectivity index (χ3v) is 2.93. The monoisotopic (exact) mass is 224 g/mol. The Bertz CT molecular complexity index is 377. The molecule has 1 fully saturated rings. The van der Waals surface area contributed by atoms with E-state index in [-0.39, 0.29) is 18.6 Å². The van der Waals surface area contributed by atoms with Crippen molar-refractivity contribution < 1.29 is 9.90 Å². The SMILES string of the molecule is CC(=O)N1CCCC1Cn1cc(CO)nn1. The first-order chi connectivity index (χ1) is 7.70. The number of rotatable bonds is 3. The van der Waals surface area contributed by atoms with Crippen molar-refractivity contribution in [3.63, 3.8) is 0 Å². The Balaban J connectivity index is 2.00. The Kier molecular flexibility index (Phi) is 3.19. The van der Waals surface area contributed by atoms with E-state index in [9.17, 15) is 4.79 Å². The molecule has 0 saturated carbocycles. The molecule has 1 aliphatic heterocycles. The number of likely N-dealkylation sites (tertiary alicyclic amines) is 1. The van der Waals surface area contributed by atoms with Gasteiger partial charge in [0.15, 0.2) is 0 Å². The molecule has 0 aliphatic carbocycles. The van der Waals surface area contributed by atoms with Crippen LogP contribution in [0.15, 0.2) is 6.20 Å². The molecule has 1 unspecified atom stereocenters. The van der Waals surface area contributed by atoms with Gasteiger partial charge >= 0.3 is 0 Å². The predicted molar refractivity (Wildman–Crippen MR) is 56.4 cm³/mol. The molecule has 2 rings (SSSR count). The minimum absolute atomic E-state index is 0.0961. The van der Waals surface area contributed by atoms with Crippen molar-refractivity contribution in [1.29, 1.82) is 0 Å². The number of aliphatic hydroxyl groups excluding tert-OH is 1. The Morgan fingerprint density at radius 2 is 2.50 bits per heavy atom. The molecule has 16 heavy (non-hydrogen) atoms. The average molecular weight is 224 g/mol. The van der Waals surface area contributed by atoms with E-state index in [1.54, 1.807) is 17.8 Å². The summed E-state index contributed by atoms with van der Waals surface area (Å²) in [6, 6.07) is 0.214. The van der Waals surface area contributed by atoms with Crippen LogP contribution in [-0.2, 0) is 17.9 Å². The summed E-state index contributed by atoms with van der Waals surface area (Å²) in [5, 5.41) is 16.6. The lowest BCUT2D eigenvalue weighted by molar-refractivity contribution is -0.129. The topological polar surface area (TPSA) is 71.2 Å². The Morgan fingerprint density at radius 1 is 1.69 bits per heavy atom. The van der Waals surface area contributed by atoms with Crippen molar-refractivity contribution >= 4 is 5.91 Å². The normalized spacial score (nSPS) is 20.4. The first-order valence-electron chi connectivity index (χ1n) is 5.48. The summed E-state index contributed by atoms with van der Waals surface area (Å²) >= 11 is 0. The maximum Gasteiger partial charge on any atom is 0.219 e. The highest BCUT2D eigenvalue weighted by molar-refractivity contribution is 5.73. The highest BCUT2D eigenvalue weighted by Crippen LogP contribution is 2.18. The lowest BCUT2D eigenvalue weighted by Crippen LogP contribution is -2.36. The molecule has 0 spiro atoms. The molecule has 1 aromatic heterocycles. The third-order valence-electron chi connectivity index (χ3n) is 2.93. The number of aromatic nitrogens is 3. The van der Waals surface area contributed by atoms with Gasteiger partial charge in [0.2, 0.25) is 5.91 Å². The van der Waals surface area contributed by atoms with Gasteiger partial charge in [-0.05, 0) is 12.8 Å². The van der Waals surface area contributed by atoms with E-state index < -0.39 is 0 Å². The third kappa shape index (κ3) is 2.21. The summed E-state index contributed by atoms with van der Waals surface area (Å²) in [7, 11) is 0. The van der Waals surface area contributed by atoms with E-state index in [0.29, 0.717) is 12.2 Å². The second-order valence-electron chi connectivity index (χ2n) is 4.10. The number of carbonyl (C=O) groups excluding carboxylic acids is 1. The smallest absolute Gasteiger partial charge is 0.219 e. The zero-order chi connectivity index (χ0) is 11.5. The van der Waals surface area contributed by atoms with Crippen LogP contribution in [0.2, 0.25) is 0 Å². The lowest BCUT2D eigenvalue weighted by Gasteiger charge is -2.22. The molecule has 0 radical (unpaired) electrons. The first-order valence-corrected chi connectivity index (χ1v) is 5.48. The van der Waals surface area contributed by atoms with Crippen molar-refractivity contribution in [2.24, 2.45) is 0 Å². The summed E-state index contributed by atoms with van der Waals surface area (Å²) in [6.45, 7) is 2.99. The van der Waals surface area contributed by atoms with Gasteiger partial charge in [-0.1, -0.05) is 5.21 Å².